The lowest BCUT2D eigenvalue weighted by Crippen LogP contribution is -2.27. The van der Waals surface area contributed by atoms with Gasteiger partial charge < -0.3 is 10.6 Å². The van der Waals surface area contributed by atoms with E-state index in [-0.39, 0.29) is 6.54 Å². The first-order valence-electron chi connectivity index (χ1n) is 8.58. The highest BCUT2D eigenvalue weighted by atomic mass is 32.2. The van der Waals surface area contributed by atoms with Gasteiger partial charge >= 0.3 is 0 Å². The zero-order chi connectivity index (χ0) is 19.7. The molecule has 0 fully saturated rings. The highest BCUT2D eigenvalue weighted by molar-refractivity contribution is 7.92. The predicted molar refractivity (Wildman–Crippen MR) is 110 cm³/mol. The molecular formula is C19H20N6O2S. The van der Waals surface area contributed by atoms with Crippen LogP contribution in [0.4, 0.5) is 17.3 Å². The minimum absolute atomic E-state index is 0.221. The van der Waals surface area contributed by atoms with E-state index >= 15 is 0 Å². The molecule has 1 aromatic carbocycles. The summed E-state index contributed by atoms with van der Waals surface area (Å²) in [5.41, 5.74) is 1.64. The second kappa shape index (κ2) is 9.58. The van der Waals surface area contributed by atoms with Crippen LogP contribution in [-0.4, -0.2) is 36.7 Å². The van der Waals surface area contributed by atoms with Gasteiger partial charge in [-0.15, -0.1) is 10.2 Å². The maximum Gasteiger partial charge on any atom is 0.233 e. The Morgan fingerprint density at radius 3 is 2.39 bits per heavy atom. The Hall–Kier alpha value is -3.30. The van der Waals surface area contributed by atoms with Crippen molar-refractivity contribution in [1.82, 2.24) is 19.9 Å². The third kappa shape index (κ3) is 6.45. The van der Waals surface area contributed by atoms with E-state index in [0.29, 0.717) is 18.2 Å². The molecule has 0 aliphatic carbocycles. The van der Waals surface area contributed by atoms with Gasteiger partial charge in [0.1, 0.15) is 5.82 Å². The quantitative estimate of drug-likeness (QED) is 0.477. The molecular weight excluding hydrogens is 376 g/mol. The fraction of sp³-hybridized carbons (Fsp3) is 0.105. The molecule has 0 aliphatic heterocycles. The minimum atomic E-state index is -3.50. The molecule has 0 bridgehead atoms. The largest absolute Gasteiger partial charge is 0.367 e. The van der Waals surface area contributed by atoms with Gasteiger partial charge in [0.05, 0.1) is 11.9 Å². The molecule has 28 heavy (non-hydrogen) atoms. The maximum atomic E-state index is 12.0. The first kappa shape index (κ1) is 19.5. The summed E-state index contributed by atoms with van der Waals surface area (Å²) >= 11 is 0. The van der Waals surface area contributed by atoms with Crippen LogP contribution in [0, 0.1) is 0 Å². The zero-order valence-electron chi connectivity index (χ0n) is 15.0. The van der Waals surface area contributed by atoms with Gasteiger partial charge in [-0.1, -0.05) is 30.3 Å². The topological polar surface area (TPSA) is 109 Å². The molecule has 0 atom stereocenters. The molecule has 0 aliphatic rings. The van der Waals surface area contributed by atoms with Gasteiger partial charge in [0, 0.05) is 24.7 Å². The van der Waals surface area contributed by atoms with Crippen LogP contribution in [0.5, 0.6) is 0 Å². The lowest BCUT2D eigenvalue weighted by molar-refractivity contribution is 0.592. The standard InChI is InChI=1S/C19H20N6O2S/c26-28(27,14-10-16-5-2-1-3-6-16)22-13-12-21-18-8-9-19(25-24-18)23-17-7-4-11-20-15-17/h1-11,14-15,22H,12-13H2,(H,21,24)(H,23,25)/b14-10+. The number of anilines is 3. The van der Waals surface area contributed by atoms with E-state index in [2.05, 4.69) is 30.5 Å². The summed E-state index contributed by atoms with van der Waals surface area (Å²) < 4.78 is 26.4. The van der Waals surface area contributed by atoms with Gasteiger partial charge in [0.2, 0.25) is 10.0 Å². The number of hydrogen-bond acceptors (Lipinski definition) is 7. The zero-order valence-corrected chi connectivity index (χ0v) is 15.8. The van der Waals surface area contributed by atoms with Gasteiger partial charge in [-0.3, -0.25) is 4.98 Å². The summed E-state index contributed by atoms with van der Waals surface area (Å²) in [6.07, 6.45) is 4.93. The van der Waals surface area contributed by atoms with Crippen molar-refractivity contribution in [3.63, 3.8) is 0 Å². The molecule has 0 unspecified atom stereocenters. The Kier molecular flexibility index (Phi) is 6.66. The average molecular weight is 396 g/mol. The summed E-state index contributed by atoms with van der Waals surface area (Å²) in [4.78, 5) is 4.01. The number of benzene rings is 1. The van der Waals surface area contributed by atoms with Crippen LogP contribution in [0.25, 0.3) is 6.08 Å². The molecule has 0 amide bonds. The molecule has 2 aromatic heterocycles. The SMILES string of the molecule is O=S(=O)(/C=C/c1ccccc1)NCCNc1ccc(Nc2cccnc2)nn1. The second-order valence-electron chi connectivity index (χ2n) is 5.75. The smallest absolute Gasteiger partial charge is 0.233 e. The molecule has 0 saturated heterocycles. The van der Waals surface area contributed by atoms with Crippen LogP contribution in [0.15, 0.2) is 72.4 Å². The fourth-order valence-electron chi connectivity index (χ4n) is 2.24. The van der Waals surface area contributed by atoms with E-state index in [1.54, 1.807) is 30.6 Å². The Morgan fingerprint density at radius 1 is 0.893 bits per heavy atom. The van der Waals surface area contributed by atoms with Crippen molar-refractivity contribution in [3.8, 4) is 0 Å². The number of aromatic nitrogens is 3. The van der Waals surface area contributed by atoms with Crippen molar-refractivity contribution in [2.45, 2.75) is 0 Å². The predicted octanol–water partition coefficient (Wildman–Crippen LogP) is 2.62. The number of nitrogens with one attached hydrogen (secondary N) is 3. The first-order chi connectivity index (χ1) is 13.6. The monoisotopic (exact) mass is 396 g/mol. The Bertz CT molecular complexity index is 994. The van der Waals surface area contributed by atoms with Gasteiger partial charge in [-0.2, -0.15) is 0 Å². The summed E-state index contributed by atoms with van der Waals surface area (Å²) in [6, 6.07) is 16.5. The highest BCUT2D eigenvalue weighted by Gasteiger charge is 2.04. The van der Waals surface area contributed by atoms with Gasteiger partial charge in [-0.25, -0.2) is 13.1 Å². The van der Waals surface area contributed by atoms with E-state index in [1.807, 2.05) is 42.5 Å². The van der Waals surface area contributed by atoms with Crippen molar-refractivity contribution in [1.29, 1.82) is 0 Å². The van der Waals surface area contributed by atoms with Gasteiger partial charge in [0.15, 0.2) is 5.82 Å². The summed E-state index contributed by atoms with van der Waals surface area (Å²) in [5.74, 6) is 1.14. The lowest BCUT2D eigenvalue weighted by atomic mass is 10.2. The molecule has 0 radical (unpaired) electrons. The highest BCUT2D eigenvalue weighted by Crippen LogP contribution is 2.12. The maximum absolute atomic E-state index is 12.0. The van der Waals surface area contributed by atoms with Gasteiger partial charge in [-0.05, 0) is 35.9 Å². The van der Waals surface area contributed by atoms with E-state index in [9.17, 15) is 8.42 Å². The molecule has 2 heterocycles. The van der Waals surface area contributed by atoms with E-state index in [0.717, 1.165) is 16.7 Å². The van der Waals surface area contributed by atoms with E-state index < -0.39 is 10.0 Å². The van der Waals surface area contributed by atoms with Crippen LogP contribution >= 0.6 is 0 Å². The van der Waals surface area contributed by atoms with Crippen molar-refractivity contribution >= 4 is 33.4 Å². The first-order valence-corrected chi connectivity index (χ1v) is 10.1. The van der Waals surface area contributed by atoms with Crippen molar-refractivity contribution < 1.29 is 8.42 Å². The second-order valence-corrected chi connectivity index (χ2v) is 7.40. The van der Waals surface area contributed by atoms with E-state index in [1.165, 1.54) is 0 Å². The molecule has 0 spiro atoms. The van der Waals surface area contributed by atoms with Crippen molar-refractivity contribution in [2.24, 2.45) is 0 Å². The third-order valence-electron chi connectivity index (χ3n) is 3.57. The molecule has 0 saturated carbocycles. The average Bonchev–Trinajstić information content (AvgIpc) is 2.73. The Morgan fingerprint density at radius 2 is 1.68 bits per heavy atom. The van der Waals surface area contributed by atoms with Crippen molar-refractivity contribution in [3.05, 3.63) is 78.0 Å². The molecule has 3 N–H and O–H groups in total. The fourth-order valence-corrected chi connectivity index (χ4v) is 3.06. The number of sulfonamides is 1. The minimum Gasteiger partial charge on any atom is -0.367 e. The van der Waals surface area contributed by atoms with Crippen LogP contribution in [-0.2, 0) is 10.0 Å². The van der Waals surface area contributed by atoms with Crippen molar-refractivity contribution in [2.75, 3.05) is 23.7 Å². The number of rotatable bonds is 9. The third-order valence-corrected chi connectivity index (χ3v) is 4.67. The number of pyridine rings is 1. The van der Waals surface area contributed by atoms with Gasteiger partial charge in [0.25, 0.3) is 0 Å². The number of hydrogen-bond donors (Lipinski definition) is 3. The van der Waals surface area contributed by atoms with E-state index in [4.69, 9.17) is 0 Å². The summed E-state index contributed by atoms with van der Waals surface area (Å²) in [5, 5.41) is 15.4. The van der Waals surface area contributed by atoms with Crippen LogP contribution in [0.3, 0.4) is 0 Å². The molecule has 3 rings (SSSR count). The molecule has 8 nitrogen and oxygen atoms in total. The Balaban J connectivity index is 1.43. The molecule has 3 aromatic rings. The Labute approximate surface area is 163 Å². The normalized spacial score (nSPS) is 11.4. The summed E-state index contributed by atoms with van der Waals surface area (Å²) in [6.45, 7) is 0.599. The van der Waals surface area contributed by atoms with Crippen LogP contribution in [0.2, 0.25) is 0 Å². The molecule has 144 valence electrons. The number of nitrogens with zero attached hydrogens (tertiary/aromatic N) is 3. The van der Waals surface area contributed by atoms with Crippen LogP contribution in [0.1, 0.15) is 5.56 Å². The molecule has 9 heteroatoms. The lowest BCUT2D eigenvalue weighted by Gasteiger charge is -2.07. The van der Waals surface area contributed by atoms with Crippen LogP contribution < -0.4 is 15.4 Å². The summed E-state index contributed by atoms with van der Waals surface area (Å²) in [7, 11) is -3.50.